The second-order valence-electron chi connectivity index (χ2n) is 3.57. The van der Waals surface area contributed by atoms with Crippen LogP contribution in [0.2, 0.25) is 5.22 Å². The molecule has 0 bridgehead atoms. The van der Waals surface area contributed by atoms with Crippen molar-refractivity contribution in [2.45, 2.75) is 12.7 Å². The van der Waals surface area contributed by atoms with E-state index in [0.29, 0.717) is 11.1 Å². The molecule has 6 heteroatoms. The molecule has 17 heavy (non-hydrogen) atoms. The van der Waals surface area contributed by atoms with Gasteiger partial charge in [-0.1, -0.05) is 18.2 Å². The molecule has 0 saturated carbocycles. The average Bonchev–Trinajstić information content (AvgIpc) is 2.54. The summed E-state index contributed by atoms with van der Waals surface area (Å²) < 4.78 is 41.2. The van der Waals surface area contributed by atoms with Gasteiger partial charge >= 0.3 is 6.18 Å². The summed E-state index contributed by atoms with van der Waals surface area (Å²) in [6.07, 6.45) is -4.23. The van der Waals surface area contributed by atoms with Crippen LogP contribution in [0, 0.1) is 0 Å². The molecule has 0 spiro atoms. The molecule has 0 unspecified atom stereocenters. The van der Waals surface area contributed by atoms with Gasteiger partial charge < -0.3 is 9.73 Å². The topological polar surface area (TPSA) is 25.2 Å². The van der Waals surface area contributed by atoms with E-state index in [9.17, 15) is 13.2 Å². The molecule has 0 fully saturated rings. The predicted molar refractivity (Wildman–Crippen MR) is 59.0 cm³/mol. The summed E-state index contributed by atoms with van der Waals surface area (Å²) in [6, 6.07) is 7.03. The summed E-state index contributed by atoms with van der Waals surface area (Å²) >= 11 is 5.83. The number of nitrogens with one attached hydrogen (secondary N) is 1. The Hall–Kier alpha value is -1.20. The normalized spacial score (nSPS) is 12.2. The standard InChI is InChI=1S/C11H9ClF3NO/c12-10-8(5-16-6-11(13,14)15)7-3-1-2-4-9(7)17-10/h1-4,16H,5-6H2. The maximum absolute atomic E-state index is 12.0. The van der Waals surface area contributed by atoms with E-state index in [1.165, 1.54) is 0 Å². The lowest BCUT2D eigenvalue weighted by atomic mass is 10.2. The van der Waals surface area contributed by atoms with Gasteiger partial charge in [-0.05, 0) is 17.7 Å². The van der Waals surface area contributed by atoms with Crippen LogP contribution >= 0.6 is 11.6 Å². The number of halogens is 4. The van der Waals surface area contributed by atoms with E-state index in [0.717, 1.165) is 5.39 Å². The fourth-order valence-corrected chi connectivity index (χ4v) is 1.81. The second-order valence-corrected chi connectivity index (χ2v) is 3.91. The number of rotatable bonds is 3. The number of hydrogen-bond donors (Lipinski definition) is 1. The summed E-state index contributed by atoms with van der Waals surface area (Å²) in [6.45, 7) is -1.03. The van der Waals surface area contributed by atoms with Crippen molar-refractivity contribution in [2.75, 3.05) is 6.54 Å². The van der Waals surface area contributed by atoms with E-state index in [1.807, 2.05) is 0 Å². The van der Waals surface area contributed by atoms with E-state index < -0.39 is 12.7 Å². The van der Waals surface area contributed by atoms with Crippen molar-refractivity contribution in [1.82, 2.24) is 5.32 Å². The Kier molecular flexibility index (Phi) is 3.31. The Morgan fingerprint density at radius 3 is 2.65 bits per heavy atom. The molecule has 1 heterocycles. The lowest BCUT2D eigenvalue weighted by Crippen LogP contribution is -2.28. The van der Waals surface area contributed by atoms with Gasteiger partial charge in [0.1, 0.15) is 5.58 Å². The van der Waals surface area contributed by atoms with Crippen LogP contribution in [0.1, 0.15) is 5.56 Å². The van der Waals surface area contributed by atoms with Crippen LogP contribution in [0.25, 0.3) is 11.0 Å². The summed E-state index contributed by atoms with van der Waals surface area (Å²) in [4.78, 5) is 0. The molecule has 2 rings (SSSR count). The van der Waals surface area contributed by atoms with E-state index >= 15 is 0 Å². The Morgan fingerprint density at radius 2 is 1.94 bits per heavy atom. The molecule has 0 radical (unpaired) electrons. The first kappa shape index (κ1) is 12.3. The second kappa shape index (κ2) is 4.58. The summed E-state index contributed by atoms with van der Waals surface area (Å²) in [7, 11) is 0. The van der Waals surface area contributed by atoms with Crippen LogP contribution in [-0.2, 0) is 6.54 Å². The number of para-hydroxylation sites is 1. The van der Waals surface area contributed by atoms with Crippen LogP contribution in [0.5, 0.6) is 0 Å². The third-order valence-corrected chi connectivity index (χ3v) is 2.58. The highest BCUT2D eigenvalue weighted by Gasteiger charge is 2.26. The van der Waals surface area contributed by atoms with E-state index in [4.69, 9.17) is 16.0 Å². The van der Waals surface area contributed by atoms with Crippen molar-refractivity contribution in [3.8, 4) is 0 Å². The molecule has 0 amide bonds. The zero-order valence-corrected chi connectivity index (χ0v) is 9.40. The zero-order valence-electron chi connectivity index (χ0n) is 8.64. The molecule has 0 atom stereocenters. The van der Waals surface area contributed by atoms with Crippen molar-refractivity contribution in [1.29, 1.82) is 0 Å². The molecular formula is C11H9ClF3NO. The van der Waals surface area contributed by atoms with Gasteiger partial charge in [0.2, 0.25) is 0 Å². The number of hydrogen-bond acceptors (Lipinski definition) is 2. The van der Waals surface area contributed by atoms with E-state index in [1.54, 1.807) is 24.3 Å². The van der Waals surface area contributed by atoms with Gasteiger partial charge in [-0.2, -0.15) is 13.2 Å². The van der Waals surface area contributed by atoms with Crippen molar-refractivity contribution in [3.63, 3.8) is 0 Å². The molecule has 0 aliphatic carbocycles. The lowest BCUT2D eigenvalue weighted by Gasteiger charge is -2.07. The highest BCUT2D eigenvalue weighted by Crippen LogP contribution is 2.29. The smallest absolute Gasteiger partial charge is 0.401 e. The summed E-state index contributed by atoms with van der Waals surface area (Å²) in [5.74, 6) is 0. The SMILES string of the molecule is FC(F)(F)CNCc1c(Cl)oc2ccccc12. The van der Waals surface area contributed by atoms with Crippen LogP contribution in [0.3, 0.4) is 0 Å². The first-order valence-corrected chi connectivity index (χ1v) is 5.28. The van der Waals surface area contributed by atoms with Gasteiger partial charge in [-0.15, -0.1) is 0 Å². The average molecular weight is 264 g/mol. The fourth-order valence-electron chi connectivity index (χ4n) is 1.56. The molecule has 0 saturated heterocycles. The minimum Gasteiger partial charge on any atom is -0.444 e. The van der Waals surface area contributed by atoms with Crippen LogP contribution < -0.4 is 5.32 Å². The number of furan rings is 1. The Bertz CT molecular complexity index is 521. The molecule has 2 aromatic rings. The predicted octanol–water partition coefficient (Wildman–Crippen LogP) is 3.74. The molecule has 1 N–H and O–H groups in total. The number of benzene rings is 1. The molecular weight excluding hydrogens is 255 g/mol. The highest BCUT2D eigenvalue weighted by molar-refractivity contribution is 6.30. The first-order chi connectivity index (χ1) is 7.97. The maximum atomic E-state index is 12.0. The highest BCUT2D eigenvalue weighted by atomic mass is 35.5. The Morgan fingerprint density at radius 1 is 1.24 bits per heavy atom. The molecule has 1 aromatic heterocycles. The minimum atomic E-state index is -4.23. The van der Waals surface area contributed by atoms with Crippen molar-refractivity contribution >= 4 is 22.6 Å². The quantitative estimate of drug-likeness (QED) is 0.913. The third kappa shape index (κ3) is 2.92. The number of alkyl halides is 3. The van der Waals surface area contributed by atoms with E-state index in [2.05, 4.69) is 5.32 Å². The fraction of sp³-hybridized carbons (Fsp3) is 0.273. The van der Waals surface area contributed by atoms with Gasteiger partial charge in [-0.25, -0.2) is 0 Å². The van der Waals surface area contributed by atoms with Crippen molar-refractivity contribution in [3.05, 3.63) is 35.0 Å². The van der Waals surface area contributed by atoms with Gasteiger partial charge in [0.25, 0.3) is 0 Å². The molecule has 1 aromatic carbocycles. The molecule has 0 aliphatic rings. The zero-order chi connectivity index (χ0) is 12.5. The molecule has 92 valence electrons. The molecule has 0 aliphatic heterocycles. The van der Waals surface area contributed by atoms with Gasteiger partial charge in [0.15, 0.2) is 5.22 Å². The van der Waals surface area contributed by atoms with Crippen molar-refractivity contribution < 1.29 is 17.6 Å². The Balaban J connectivity index is 2.15. The van der Waals surface area contributed by atoms with Gasteiger partial charge in [0.05, 0.1) is 6.54 Å². The van der Waals surface area contributed by atoms with Gasteiger partial charge in [0, 0.05) is 17.5 Å². The van der Waals surface area contributed by atoms with Crippen LogP contribution in [0.15, 0.2) is 28.7 Å². The maximum Gasteiger partial charge on any atom is 0.401 e. The van der Waals surface area contributed by atoms with Crippen LogP contribution in [0.4, 0.5) is 13.2 Å². The third-order valence-electron chi connectivity index (χ3n) is 2.28. The number of fused-ring (bicyclic) bond motifs is 1. The van der Waals surface area contributed by atoms with Crippen molar-refractivity contribution in [2.24, 2.45) is 0 Å². The van der Waals surface area contributed by atoms with E-state index in [-0.39, 0.29) is 11.8 Å². The van der Waals surface area contributed by atoms with Crippen LogP contribution in [-0.4, -0.2) is 12.7 Å². The first-order valence-electron chi connectivity index (χ1n) is 4.91. The lowest BCUT2D eigenvalue weighted by molar-refractivity contribution is -0.125. The van der Waals surface area contributed by atoms with Gasteiger partial charge in [-0.3, -0.25) is 0 Å². The Labute approximate surface area is 100 Å². The minimum absolute atomic E-state index is 0.0232. The summed E-state index contributed by atoms with van der Waals surface area (Å²) in [5.41, 5.74) is 1.12. The molecule has 2 nitrogen and oxygen atoms in total. The monoisotopic (exact) mass is 263 g/mol. The summed E-state index contributed by atoms with van der Waals surface area (Å²) in [5, 5.41) is 3.15. The largest absolute Gasteiger partial charge is 0.444 e.